The number of nitrogens with two attached hydrogens (primary N) is 1. The van der Waals surface area contributed by atoms with E-state index in [2.05, 4.69) is 15.4 Å². The lowest BCUT2D eigenvalue weighted by atomic mass is 9.95. The van der Waals surface area contributed by atoms with E-state index in [-0.39, 0.29) is 11.5 Å². The predicted molar refractivity (Wildman–Crippen MR) is 107 cm³/mol. The molecule has 0 bridgehead atoms. The zero-order valence-electron chi connectivity index (χ0n) is 15.2. The van der Waals surface area contributed by atoms with Crippen molar-refractivity contribution >= 4 is 29.1 Å². The highest BCUT2D eigenvalue weighted by molar-refractivity contribution is 6.31. The van der Waals surface area contributed by atoms with Crippen LogP contribution in [-0.2, 0) is 4.79 Å². The Morgan fingerprint density at radius 1 is 1.28 bits per heavy atom. The molecule has 3 N–H and O–H groups in total. The minimum Gasteiger partial charge on any atom is -0.366 e. The summed E-state index contributed by atoms with van der Waals surface area (Å²) >= 11 is 6.39. The van der Waals surface area contributed by atoms with Crippen LogP contribution in [0.15, 0.2) is 59.8 Å². The second kappa shape index (κ2) is 7.02. The summed E-state index contributed by atoms with van der Waals surface area (Å²) < 4.78 is 1.52. The first-order valence-electron chi connectivity index (χ1n) is 8.60. The largest absolute Gasteiger partial charge is 0.366 e. The smallest absolute Gasteiger partial charge is 0.270 e. The lowest BCUT2D eigenvalue weighted by molar-refractivity contribution is -0.384. The molecule has 2 heterocycles. The van der Waals surface area contributed by atoms with Crippen molar-refractivity contribution in [3.63, 3.8) is 0 Å². The van der Waals surface area contributed by atoms with Crippen molar-refractivity contribution in [2.75, 3.05) is 5.32 Å². The lowest BCUT2D eigenvalue weighted by Crippen LogP contribution is -2.32. The Morgan fingerprint density at radius 3 is 2.72 bits per heavy atom. The van der Waals surface area contributed by atoms with Crippen molar-refractivity contribution in [3.8, 4) is 11.4 Å². The molecule has 29 heavy (non-hydrogen) atoms. The maximum absolute atomic E-state index is 12.2. The first-order valence-corrected chi connectivity index (χ1v) is 8.98. The van der Waals surface area contributed by atoms with E-state index in [1.165, 1.54) is 16.8 Å². The van der Waals surface area contributed by atoms with Gasteiger partial charge in [-0.2, -0.15) is 4.98 Å². The number of aromatic nitrogens is 3. The van der Waals surface area contributed by atoms with Crippen molar-refractivity contribution in [1.82, 2.24) is 14.8 Å². The van der Waals surface area contributed by atoms with E-state index in [9.17, 15) is 14.9 Å². The van der Waals surface area contributed by atoms with Crippen LogP contribution in [0.1, 0.15) is 18.5 Å². The summed E-state index contributed by atoms with van der Waals surface area (Å²) in [6.07, 6.45) is 0. The van der Waals surface area contributed by atoms with Crippen LogP contribution in [-0.4, -0.2) is 25.6 Å². The number of carbonyl (C=O) groups is 1. The van der Waals surface area contributed by atoms with Gasteiger partial charge in [-0.3, -0.25) is 14.9 Å². The van der Waals surface area contributed by atoms with E-state index in [4.69, 9.17) is 17.3 Å². The SMILES string of the molecule is CC1=C(C(N)=O)C(c2ccccc2Cl)n2nc(-c3cccc([N+](=O)[O-])c3)nc2N1. The Labute approximate surface area is 170 Å². The molecular weight excluding hydrogens is 396 g/mol. The molecule has 3 aromatic rings. The molecular formula is C19H15ClN6O3. The van der Waals surface area contributed by atoms with Crippen molar-refractivity contribution in [3.05, 3.63) is 80.5 Å². The van der Waals surface area contributed by atoms with Gasteiger partial charge in [-0.15, -0.1) is 5.10 Å². The molecule has 4 rings (SSSR count). The summed E-state index contributed by atoms with van der Waals surface area (Å²) in [4.78, 5) is 27.3. The number of anilines is 1. The van der Waals surface area contributed by atoms with Crippen LogP contribution in [0.5, 0.6) is 0 Å². The van der Waals surface area contributed by atoms with Crippen LogP contribution in [0.25, 0.3) is 11.4 Å². The van der Waals surface area contributed by atoms with Gasteiger partial charge in [-0.25, -0.2) is 4.68 Å². The van der Waals surface area contributed by atoms with E-state index >= 15 is 0 Å². The number of carbonyl (C=O) groups excluding carboxylic acids is 1. The first-order chi connectivity index (χ1) is 13.9. The third-order valence-electron chi connectivity index (χ3n) is 4.63. The number of hydrogen-bond donors (Lipinski definition) is 2. The maximum atomic E-state index is 12.2. The molecule has 10 heteroatoms. The highest BCUT2D eigenvalue weighted by Gasteiger charge is 2.34. The Bertz CT molecular complexity index is 1190. The van der Waals surface area contributed by atoms with Crippen LogP contribution in [0.3, 0.4) is 0 Å². The van der Waals surface area contributed by atoms with Crippen LogP contribution in [0.4, 0.5) is 11.6 Å². The van der Waals surface area contributed by atoms with Gasteiger partial charge >= 0.3 is 0 Å². The van der Waals surface area contributed by atoms with Gasteiger partial charge < -0.3 is 11.1 Å². The molecule has 0 fully saturated rings. The zero-order chi connectivity index (χ0) is 20.7. The van der Waals surface area contributed by atoms with Gasteiger partial charge in [0.15, 0.2) is 5.82 Å². The molecule has 0 saturated heterocycles. The van der Waals surface area contributed by atoms with E-state index in [1.807, 2.05) is 0 Å². The molecule has 2 aromatic carbocycles. The summed E-state index contributed by atoms with van der Waals surface area (Å²) in [7, 11) is 0. The van der Waals surface area contributed by atoms with Gasteiger partial charge in [0, 0.05) is 34.0 Å². The van der Waals surface area contributed by atoms with Crippen LogP contribution in [0.2, 0.25) is 5.02 Å². The first kappa shape index (κ1) is 18.6. The molecule has 1 aromatic heterocycles. The van der Waals surface area contributed by atoms with E-state index in [0.717, 1.165) is 0 Å². The minimum atomic E-state index is -0.683. The quantitative estimate of drug-likeness (QED) is 0.501. The van der Waals surface area contributed by atoms with E-state index < -0.39 is 16.9 Å². The number of non-ortho nitro benzene ring substituents is 1. The Hall–Kier alpha value is -3.72. The van der Waals surface area contributed by atoms with E-state index in [0.29, 0.717) is 33.4 Å². The predicted octanol–water partition coefficient (Wildman–Crippen LogP) is 3.28. The van der Waals surface area contributed by atoms with Crippen molar-refractivity contribution in [2.24, 2.45) is 5.73 Å². The third-order valence-corrected chi connectivity index (χ3v) is 4.98. The number of nitro groups is 1. The molecule has 146 valence electrons. The van der Waals surface area contributed by atoms with Crippen LogP contribution in [0, 0.1) is 10.1 Å². The summed E-state index contributed by atoms with van der Waals surface area (Å²) in [6, 6.07) is 12.4. The second-order valence-corrected chi connectivity index (χ2v) is 6.87. The van der Waals surface area contributed by atoms with Crippen LogP contribution >= 0.6 is 11.6 Å². The third kappa shape index (κ3) is 3.21. The fraction of sp³-hybridized carbons (Fsp3) is 0.105. The Balaban J connectivity index is 1.89. The molecule has 1 amide bonds. The number of allylic oxidation sites excluding steroid dienone is 1. The molecule has 1 aliphatic rings. The number of benzene rings is 2. The maximum Gasteiger partial charge on any atom is 0.270 e. The van der Waals surface area contributed by atoms with Gasteiger partial charge in [0.05, 0.1) is 10.5 Å². The number of nitrogens with one attached hydrogen (secondary N) is 1. The fourth-order valence-electron chi connectivity index (χ4n) is 3.34. The highest BCUT2D eigenvalue weighted by Crippen LogP contribution is 2.38. The van der Waals surface area contributed by atoms with Gasteiger partial charge in [0.1, 0.15) is 6.04 Å². The topological polar surface area (TPSA) is 129 Å². The Kier molecular flexibility index (Phi) is 4.51. The average molecular weight is 411 g/mol. The highest BCUT2D eigenvalue weighted by atomic mass is 35.5. The number of hydrogen-bond acceptors (Lipinski definition) is 6. The number of rotatable bonds is 4. The van der Waals surface area contributed by atoms with Crippen molar-refractivity contribution in [2.45, 2.75) is 13.0 Å². The summed E-state index contributed by atoms with van der Waals surface area (Å²) in [5.74, 6) is 0.0312. The Morgan fingerprint density at radius 2 is 2.03 bits per heavy atom. The summed E-state index contributed by atoms with van der Waals surface area (Å²) in [5, 5.41) is 19.1. The molecule has 1 atom stereocenters. The zero-order valence-corrected chi connectivity index (χ0v) is 15.9. The molecule has 1 aliphatic heterocycles. The van der Waals surface area contributed by atoms with E-state index in [1.54, 1.807) is 43.3 Å². The second-order valence-electron chi connectivity index (χ2n) is 6.46. The molecule has 0 aliphatic carbocycles. The standard InChI is InChI=1S/C19H15ClN6O3/c1-10-15(17(21)27)16(13-7-2-3-8-14(13)20)25-19(22-10)23-18(24-25)11-5-4-6-12(9-11)26(28)29/h2-9,16H,1H3,(H2,21,27)(H,22,23,24). The summed E-state index contributed by atoms with van der Waals surface area (Å²) in [5.41, 5.74) is 7.53. The van der Waals surface area contributed by atoms with Crippen molar-refractivity contribution in [1.29, 1.82) is 0 Å². The molecule has 0 radical (unpaired) electrons. The number of nitro benzene ring substituents is 1. The van der Waals surface area contributed by atoms with Crippen LogP contribution < -0.4 is 11.1 Å². The number of fused-ring (bicyclic) bond motifs is 1. The number of nitrogens with zero attached hydrogens (tertiary/aromatic N) is 4. The average Bonchev–Trinajstić information content (AvgIpc) is 3.11. The minimum absolute atomic E-state index is 0.0713. The molecule has 9 nitrogen and oxygen atoms in total. The fourth-order valence-corrected chi connectivity index (χ4v) is 3.57. The van der Waals surface area contributed by atoms with Crippen molar-refractivity contribution < 1.29 is 9.72 Å². The number of amides is 1. The molecule has 0 spiro atoms. The molecule has 0 saturated carbocycles. The van der Waals surface area contributed by atoms with Gasteiger partial charge in [0.25, 0.3) is 5.69 Å². The number of primary amides is 1. The van der Waals surface area contributed by atoms with Gasteiger partial charge in [0.2, 0.25) is 11.9 Å². The van der Waals surface area contributed by atoms with Gasteiger partial charge in [-0.1, -0.05) is 41.9 Å². The summed E-state index contributed by atoms with van der Waals surface area (Å²) in [6.45, 7) is 1.72. The molecule has 1 unspecified atom stereocenters. The number of halogens is 1. The van der Waals surface area contributed by atoms with Gasteiger partial charge in [-0.05, 0) is 13.0 Å². The lowest BCUT2D eigenvalue weighted by Gasteiger charge is -2.28. The normalized spacial score (nSPS) is 15.6. The monoisotopic (exact) mass is 410 g/mol.